The number of rotatable bonds is 9. The van der Waals surface area contributed by atoms with E-state index in [9.17, 15) is 31.7 Å². The fraction of sp³-hybridized carbons (Fsp3) is 0.583. The largest absolute Gasteiger partial charge is 0.484 e. The molecule has 1 heterocycles. The number of ether oxygens (including phenoxy) is 4. The summed E-state index contributed by atoms with van der Waals surface area (Å²) in [6.07, 6.45) is 6.72. The second kappa shape index (κ2) is 12.4. The van der Waals surface area contributed by atoms with Crippen LogP contribution in [0, 0.1) is 35.4 Å². The molecule has 2 bridgehead atoms. The molecule has 0 radical (unpaired) electrons. The lowest BCUT2D eigenvalue weighted by atomic mass is 9.78. The first-order valence-electron chi connectivity index (χ1n) is 17.1. The van der Waals surface area contributed by atoms with Gasteiger partial charge in [-0.15, -0.1) is 0 Å². The fourth-order valence-electron chi connectivity index (χ4n) is 9.10. The minimum Gasteiger partial charge on any atom is -0.484 e. The molecule has 5 aliphatic rings. The van der Waals surface area contributed by atoms with Gasteiger partial charge in [0.1, 0.15) is 23.6 Å². The number of hydrogen-bond acceptors (Lipinski definition) is 9. The molecular formula is C36H41FO10S. The summed E-state index contributed by atoms with van der Waals surface area (Å²) >= 11 is 0. The van der Waals surface area contributed by atoms with Gasteiger partial charge in [0.25, 0.3) is 10.1 Å². The van der Waals surface area contributed by atoms with Gasteiger partial charge in [-0.1, -0.05) is 33.1 Å². The van der Waals surface area contributed by atoms with Crippen LogP contribution in [-0.2, 0) is 29.2 Å². The van der Waals surface area contributed by atoms with Gasteiger partial charge < -0.3 is 18.9 Å². The normalized spacial score (nSPS) is 29.2. The van der Waals surface area contributed by atoms with Gasteiger partial charge in [0.05, 0.1) is 22.3 Å². The average Bonchev–Trinajstić information content (AvgIpc) is 3.81. The van der Waals surface area contributed by atoms with E-state index in [1.54, 1.807) is 0 Å². The molecule has 4 saturated carbocycles. The van der Waals surface area contributed by atoms with Crippen LogP contribution in [0.4, 0.5) is 4.39 Å². The van der Waals surface area contributed by atoms with Crippen LogP contribution in [0.1, 0.15) is 99.9 Å². The van der Waals surface area contributed by atoms with Gasteiger partial charge in [-0.05, 0) is 98.7 Å². The highest BCUT2D eigenvalue weighted by Gasteiger charge is 2.70. The van der Waals surface area contributed by atoms with Gasteiger partial charge in [0.15, 0.2) is 11.6 Å². The van der Waals surface area contributed by atoms with E-state index in [2.05, 4.69) is 0 Å². The third kappa shape index (κ3) is 5.78. The number of halogens is 1. The molecular weight excluding hydrogens is 643 g/mol. The Bertz CT molecular complexity index is 1730. The Kier molecular flexibility index (Phi) is 8.55. The molecule has 2 aromatic carbocycles. The number of carbonyl (C=O) groups is 3. The zero-order chi connectivity index (χ0) is 34.0. The van der Waals surface area contributed by atoms with Gasteiger partial charge in [0.2, 0.25) is 0 Å². The first-order chi connectivity index (χ1) is 22.9. The Morgan fingerprint density at radius 3 is 2.42 bits per heavy atom. The van der Waals surface area contributed by atoms with Crippen LogP contribution in [0.2, 0.25) is 0 Å². The number of fused-ring (bicyclic) bond motifs is 1. The van der Waals surface area contributed by atoms with E-state index in [-0.39, 0.29) is 39.7 Å². The Balaban J connectivity index is 1.10. The molecule has 12 heteroatoms. The van der Waals surface area contributed by atoms with Gasteiger partial charge in [0, 0.05) is 11.8 Å². The van der Waals surface area contributed by atoms with Crippen LogP contribution >= 0.6 is 0 Å². The summed E-state index contributed by atoms with van der Waals surface area (Å²) < 4.78 is 72.7. The maximum absolute atomic E-state index is 14.9. The monoisotopic (exact) mass is 684 g/mol. The van der Waals surface area contributed by atoms with Crippen molar-refractivity contribution in [3.8, 4) is 11.5 Å². The first kappa shape index (κ1) is 33.0. The molecule has 5 fully saturated rings. The Hall–Kier alpha value is -3.51. The highest BCUT2D eigenvalue weighted by molar-refractivity contribution is 7.85. The molecule has 10 nitrogen and oxygen atoms in total. The van der Waals surface area contributed by atoms with Gasteiger partial charge in [-0.3, -0.25) is 14.1 Å². The van der Waals surface area contributed by atoms with Gasteiger partial charge in [-0.25, -0.2) is 9.18 Å². The summed E-state index contributed by atoms with van der Waals surface area (Å²) in [5.74, 6) is -5.04. The van der Waals surface area contributed by atoms with Crippen LogP contribution in [0.3, 0.4) is 0 Å². The van der Waals surface area contributed by atoms with Crippen molar-refractivity contribution in [2.45, 2.75) is 107 Å². The lowest BCUT2D eigenvalue weighted by molar-refractivity contribution is -0.149. The van der Waals surface area contributed by atoms with E-state index >= 15 is 0 Å². The maximum Gasteiger partial charge on any atom is 0.338 e. The minimum atomic E-state index is -4.50. The zero-order valence-corrected chi connectivity index (χ0v) is 27.9. The lowest BCUT2D eigenvalue weighted by Crippen LogP contribution is -2.44. The SMILES string of the molecule is CC(C)C1(Oc2cc(C(=O)OC3C4CC5C3OC(=O)C5C4C(=O)Oc3ccc(S(=O)(=O)O)c(C4CCCCC4)c3)ccc2F)CCCC1. The molecule has 1 N–H and O–H groups in total. The van der Waals surface area contributed by atoms with Crippen molar-refractivity contribution in [1.82, 2.24) is 0 Å². The predicted molar refractivity (Wildman–Crippen MR) is 168 cm³/mol. The molecule has 2 aromatic rings. The summed E-state index contributed by atoms with van der Waals surface area (Å²) in [6.45, 7) is 4.08. The third-order valence-electron chi connectivity index (χ3n) is 11.6. The maximum atomic E-state index is 14.9. The smallest absolute Gasteiger partial charge is 0.338 e. The Labute approximate surface area is 279 Å². The van der Waals surface area contributed by atoms with E-state index in [4.69, 9.17) is 18.9 Å². The van der Waals surface area contributed by atoms with Crippen molar-refractivity contribution in [3.63, 3.8) is 0 Å². The molecule has 7 rings (SSSR count). The molecule has 0 spiro atoms. The van der Waals surface area contributed by atoms with Crippen molar-refractivity contribution >= 4 is 28.0 Å². The van der Waals surface area contributed by atoms with Crippen LogP contribution in [-0.4, -0.2) is 48.7 Å². The van der Waals surface area contributed by atoms with Crippen molar-refractivity contribution in [2.75, 3.05) is 0 Å². The number of esters is 3. The predicted octanol–water partition coefficient (Wildman–Crippen LogP) is 6.41. The second-order valence-corrected chi connectivity index (χ2v) is 15.9. The van der Waals surface area contributed by atoms with Crippen LogP contribution in [0.15, 0.2) is 41.3 Å². The van der Waals surface area contributed by atoms with Crippen molar-refractivity contribution in [3.05, 3.63) is 53.3 Å². The fourth-order valence-corrected chi connectivity index (χ4v) is 9.86. The summed E-state index contributed by atoms with van der Waals surface area (Å²) in [4.78, 5) is 40.0. The number of benzene rings is 2. The first-order valence-corrected chi connectivity index (χ1v) is 18.5. The molecule has 4 aliphatic carbocycles. The van der Waals surface area contributed by atoms with Gasteiger partial charge >= 0.3 is 17.9 Å². The van der Waals surface area contributed by atoms with E-state index in [0.717, 1.165) is 57.8 Å². The van der Waals surface area contributed by atoms with Gasteiger partial charge in [-0.2, -0.15) is 8.42 Å². The summed E-state index contributed by atoms with van der Waals surface area (Å²) in [5.41, 5.74) is -0.0314. The van der Waals surface area contributed by atoms with E-state index in [0.29, 0.717) is 12.0 Å². The summed E-state index contributed by atoms with van der Waals surface area (Å²) in [6, 6.07) is 7.89. The lowest BCUT2D eigenvalue weighted by Gasteiger charge is -2.34. The average molecular weight is 685 g/mol. The Morgan fingerprint density at radius 2 is 1.73 bits per heavy atom. The quantitative estimate of drug-likeness (QED) is 0.179. The van der Waals surface area contributed by atoms with Crippen LogP contribution in [0.25, 0.3) is 0 Å². The summed E-state index contributed by atoms with van der Waals surface area (Å²) in [5, 5.41) is 0. The summed E-state index contributed by atoms with van der Waals surface area (Å²) in [7, 11) is -4.50. The molecule has 258 valence electrons. The van der Waals surface area contributed by atoms with Crippen molar-refractivity contribution in [1.29, 1.82) is 0 Å². The highest BCUT2D eigenvalue weighted by atomic mass is 32.2. The molecule has 6 unspecified atom stereocenters. The highest BCUT2D eigenvalue weighted by Crippen LogP contribution is 2.59. The number of carbonyl (C=O) groups excluding carboxylic acids is 3. The minimum absolute atomic E-state index is 0.0191. The van der Waals surface area contributed by atoms with E-state index in [1.807, 2.05) is 13.8 Å². The topological polar surface area (TPSA) is 142 Å². The molecule has 0 amide bonds. The molecule has 0 aromatic heterocycles. The standard InChI is InChI=1S/C36H41FO10S/c1-19(2)36(14-6-7-15-36)47-27-16-21(10-12-26(27)37)33(38)45-31-24-18-25-30(35(40)46-32(25)31)29(24)34(39)44-22-11-13-28(48(41,42)43)23(17-22)20-8-4-3-5-9-20/h10-13,16-17,19-20,24-25,29-32H,3-9,14-15,18H2,1-2H3,(H,41,42,43). The van der Waals surface area contributed by atoms with Crippen molar-refractivity contribution in [2.24, 2.45) is 29.6 Å². The van der Waals surface area contributed by atoms with Crippen LogP contribution in [0.5, 0.6) is 11.5 Å². The molecule has 1 aliphatic heterocycles. The van der Waals surface area contributed by atoms with Crippen molar-refractivity contribution < 1.29 is 50.7 Å². The molecule has 48 heavy (non-hydrogen) atoms. The van der Waals surface area contributed by atoms with E-state index in [1.165, 1.54) is 36.4 Å². The second-order valence-electron chi connectivity index (χ2n) is 14.5. The molecule has 1 saturated heterocycles. The third-order valence-corrected chi connectivity index (χ3v) is 12.5. The Morgan fingerprint density at radius 1 is 1.00 bits per heavy atom. The molecule has 6 atom stereocenters. The number of hydrogen-bond donors (Lipinski definition) is 1. The van der Waals surface area contributed by atoms with E-state index < -0.39 is 69.4 Å². The van der Waals surface area contributed by atoms with Crippen LogP contribution < -0.4 is 9.47 Å². The zero-order valence-electron chi connectivity index (χ0n) is 27.1.